The fraction of sp³-hybridized carbons (Fsp3) is 0.312. The third kappa shape index (κ3) is 8.67. The number of methoxy groups -OCH3 is 2. The topological polar surface area (TPSA) is 135 Å². The number of nitrogens with one attached hydrogen (secondary N) is 3. The lowest BCUT2D eigenvalue weighted by atomic mass is 10.1. The molecule has 4 amide bonds. The van der Waals surface area contributed by atoms with E-state index >= 15 is 0 Å². The molecule has 244 valence electrons. The summed E-state index contributed by atoms with van der Waals surface area (Å²) in [5, 5.41) is 7.43. The minimum Gasteiger partial charge on any atom is -0.495 e. The van der Waals surface area contributed by atoms with Gasteiger partial charge < -0.3 is 35.1 Å². The number of rotatable bonds is 10. The number of nitrogens with zero attached hydrogens (tertiary/aromatic N) is 1. The van der Waals surface area contributed by atoms with Crippen LogP contribution in [0, 0.1) is 6.92 Å². The SMILES string of the molecule is COC(=O)c1ccc(OC[C@@H]2C[C@@H](NC(=O)C(F)(F)F)CN2C(=O)Cc2ccc(NC(=O)Nc3ccccc3C)c(OC)c2)cc1. The Morgan fingerprint density at radius 2 is 1.63 bits per heavy atom. The number of halogens is 3. The first kappa shape index (κ1) is 33.6. The van der Waals surface area contributed by atoms with Gasteiger partial charge >= 0.3 is 24.1 Å². The lowest BCUT2D eigenvalue weighted by molar-refractivity contribution is -0.174. The van der Waals surface area contributed by atoms with E-state index in [-0.39, 0.29) is 31.7 Å². The van der Waals surface area contributed by atoms with Gasteiger partial charge in [-0.05, 0) is 66.9 Å². The summed E-state index contributed by atoms with van der Waals surface area (Å²) >= 11 is 0. The van der Waals surface area contributed by atoms with E-state index in [0.717, 1.165) is 5.56 Å². The molecule has 0 unspecified atom stereocenters. The number of hydrogen-bond acceptors (Lipinski definition) is 7. The first-order valence-electron chi connectivity index (χ1n) is 14.2. The number of amides is 4. The minimum absolute atomic E-state index is 0.0238. The van der Waals surface area contributed by atoms with Crippen molar-refractivity contribution in [3.05, 3.63) is 83.4 Å². The van der Waals surface area contributed by atoms with Crippen LogP contribution in [0.5, 0.6) is 11.5 Å². The van der Waals surface area contributed by atoms with Gasteiger partial charge in [0, 0.05) is 18.3 Å². The van der Waals surface area contributed by atoms with Gasteiger partial charge in [-0.3, -0.25) is 9.59 Å². The Bertz CT molecular complexity index is 1580. The van der Waals surface area contributed by atoms with Crippen molar-refractivity contribution in [1.29, 1.82) is 0 Å². The number of esters is 1. The van der Waals surface area contributed by atoms with Crippen molar-refractivity contribution in [3.63, 3.8) is 0 Å². The zero-order chi connectivity index (χ0) is 33.4. The predicted octanol–water partition coefficient (Wildman–Crippen LogP) is 4.70. The molecule has 14 heteroatoms. The van der Waals surface area contributed by atoms with Crippen LogP contribution in [0.15, 0.2) is 66.7 Å². The van der Waals surface area contributed by atoms with Crippen LogP contribution >= 0.6 is 0 Å². The van der Waals surface area contributed by atoms with Crippen LogP contribution in [0.4, 0.5) is 29.3 Å². The number of likely N-dealkylation sites (tertiary alicyclic amines) is 1. The minimum atomic E-state index is -5.08. The molecule has 3 N–H and O–H groups in total. The van der Waals surface area contributed by atoms with Crippen molar-refractivity contribution >= 4 is 35.2 Å². The maximum Gasteiger partial charge on any atom is 0.471 e. The van der Waals surface area contributed by atoms with Gasteiger partial charge in [0.25, 0.3) is 0 Å². The van der Waals surface area contributed by atoms with Crippen molar-refractivity contribution in [2.45, 2.75) is 38.0 Å². The summed E-state index contributed by atoms with van der Waals surface area (Å²) in [4.78, 5) is 50.8. The molecule has 1 fully saturated rings. The van der Waals surface area contributed by atoms with E-state index in [0.29, 0.717) is 28.3 Å². The fourth-order valence-electron chi connectivity index (χ4n) is 4.96. The van der Waals surface area contributed by atoms with Crippen LogP contribution in [0.2, 0.25) is 0 Å². The van der Waals surface area contributed by atoms with Gasteiger partial charge in [-0.1, -0.05) is 24.3 Å². The monoisotopic (exact) mass is 642 g/mol. The molecule has 3 aromatic carbocycles. The third-order valence-electron chi connectivity index (χ3n) is 7.31. The summed E-state index contributed by atoms with van der Waals surface area (Å²) in [5.41, 5.74) is 2.68. The maximum atomic E-state index is 13.5. The first-order chi connectivity index (χ1) is 21.9. The smallest absolute Gasteiger partial charge is 0.471 e. The van der Waals surface area contributed by atoms with Crippen LogP contribution in [-0.4, -0.2) is 74.3 Å². The van der Waals surface area contributed by atoms with Crippen LogP contribution in [0.3, 0.4) is 0 Å². The summed E-state index contributed by atoms with van der Waals surface area (Å²) in [5.74, 6) is -2.39. The number of para-hydroxylation sites is 1. The number of urea groups is 1. The van der Waals surface area contributed by atoms with E-state index in [1.165, 1.54) is 43.4 Å². The predicted molar refractivity (Wildman–Crippen MR) is 162 cm³/mol. The molecule has 46 heavy (non-hydrogen) atoms. The molecule has 1 aliphatic rings. The molecule has 1 saturated heterocycles. The summed E-state index contributed by atoms with van der Waals surface area (Å²) in [6, 6.07) is 16.0. The van der Waals surface area contributed by atoms with Crippen LogP contribution in [-0.2, 0) is 20.7 Å². The van der Waals surface area contributed by atoms with Gasteiger partial charge in [0.15, 0.2) is 0 Å². The Labute approximate surface area is 263 Å². The maximum absolute atomic E-state index is 13.5. The van der Waals surface area contributed by atoms with E-state index in [2.05, 4.69) is 15.4 Å². The van der Waals surface area contributed by atoms with Gasteiger partial charge in [-0.15, -0.1) is 0 Å². The molecule has 0 saturated carbocycles. The molecule has 0 spiro atoms. The normalized spacial score (nSPS) is 15.9. The molecule has 1 aliphatic heterocycles. The summed E-state index contributed by atoms with van der Waals surface area (Å²) < 4.78 is 54.7. The van der Waals surface area contributed by atoms with Crippen molar-refractivity contribution in [2.24, 2.45) is 0 Å². The Morgan fingerprint density at radius 1 is 0.935 bits per heavy atom. The largest absolute Gasteiger partial charge is 0.495 e. The molecule has 0 aromatic heterocycles. The summed E-state index contributed by atoms with van der Waals surface area (Å²) in [7, 11) is 2.66. The summed E-state index contributed by atoms with van der Waals surface area (Å²) in [6.07, 6.45) is -5.19. The quantitative estimate of drug-likeness (QED) is 0.273. The Morgan fingerprint density at radius 3 is 2.28 bits per heavy atom. The highest BCUT2D eigenvalue weighted by Crippen LogP contribution is 2.28. The van der Waals surface area contributed by atoms with Crippen molar-refractivity contribution in [1.82, 2.24) is 10.2 Å². The molecule has 11 nitrogen and oxygen atoms in total. The highest BCUT2D eigenvalue weighted by molar-refractivity contribution is 6.01. The molecular formula is C32H33F3N4O7. The average molecular weight is 643 g/mol. The highest BCUT2D eigenvalue weighted by Gasteiger charge is 2.43. The number of carbonyl (C=O) groups excluding carboxylic acids is 4. The molecule has 1 heterocycles. The molecular weight excluding hydrogens is 609 g/mol. The highest BCUT2D eigenvalue weighted by atomic mass is 19.4. The molecule has 0 bridgehead atoms. The number of alkyl halides is 3. The zero-order valence-electron chi connectivity index (χ0n) is 25.3. The Hall–Kier alpha value is -5.27. The van der Waals surface area contributed by atoms with Crippen LogP contribution < -0.4 is 25.4 Å². The fourth-order valence-corrected chi connectivity index (χ4v) is 4.96. The number of ether oxygens (including phenoxy) is 3. The van der Waals surface area contributed by atoms with Crippen molar-refractivity contribution < 1.29 is 46.6 Å². The van der Waals surface area contributed by atoms with Crippen molar-refractivity contribution in [2.75, 3.05) is 38.0 Å². The number of anilines is 2. The van der Waals surface area contributed by atoms with Crippen LogP contribution in [0.1, 0.15) is 27.9 Å². The number of carbonyl (C=O) groups is 4. The lowest BCUT2D eigenvalue weighted by Gasteiger charge is -2.25. The third-order valence-corrected chi connectivity index (χ3v) is 7.31. The molecule has 0 radical (unpaired) electrons. The van der Waals surface area contributed by atoms with Gasteiger partial charge in [-0.25, -0.2) is 9.59 Å². The van der Waals surface area contributed by atoms with E-state index in [4.69, 9.17) is 9.47 Å². The van der Waals surface area contributed by atoms with Crippen LogP contribution in [0.25, 0.3) is 0 Å². The number of hydrogen-bond donors (Lipinski definition) is 3. The Balaban J connectivity index is 1.44. The van der Waals surface area contributed by atoms with E-state index in [1.54, 1.807) is 30.3 Å². The second-order valence-electron chi connectivity index (χ2n) is 10.5. The molecule has 3 aromatic rings. The van der Waals surface area contributed by atoms with Gasteiger partial charge in [-0.2, -0.15) is 13.2 Å². The number of benzene rings is 3. The molecule has 0 aliphatic carbocycles. The molecule has 4 rings (SSSR count). The van der Waals surface area contributed by atoms with Gasteiger partial charge in [0.2, 0.25) is 5.91 Å². The van der Waals surface area contributed by atoms with E-state index in [1.807, 2.05) is 24.4 Å². The number of aryl methyl sites for hydroxylation is 1. The summed E-state index contributed by atoms with van der Waals surface area (Å²) in [6.45, 7) is 1.62. The average Bonchev–Trinajstić information content (AvgIpc) is 3.43. The second kappa shape index (κ2) is 14.7. The molecule has 2 atom stereocenters. The first-order valence-corrected chi connectivity index (χ1v) is 14.2. The standard InChI is InChI=1S/C32H33F3N4O7/c1-19-6-4-5-7-25(19)37-31(43)38-26-13-8-20(14-27(26)44-2)15-28(40)39-17-22(36-30(42)32(33,34)35)16-23(39)18-46-24-11-9-21(10-12-24)29(41)45-3/h4-14,22-23H,15-18H2,1-3H3,(H,36,42)(H2,37,38,43)/t22-,23+/m1/s1. The van der Waals surface area contributed by atoms with E-state index in [9.17, 15) is 32.3 Å². The Kier molecular flexibility index (Phi) is 10.7. The van der Waals surface area contributed by atoms with Gasteiger partial charge in [0.1, 0.15) is 18.1 Å². The van der Waals surface area contributed by atoms with E-state index < -0.39 is 42.1 Å². The van der Waals surface area contributed by atoms with Crippen molar-refractivity contribution in [3.8, 4) is 11.5 Å². The zero-order valence-corrected chi connectivity index (χ0v) is 25.3. The van der Waals surface area contributed by atoms with Gasteiger partial charge in [0.05, 0.1) is 37.9 Å². The second-order valence-corrected chi connectivity index (χ2v) is 10.5. The lowest BCUT2D eigenvalue weighted by Crippen LogP contribution is -2.45.